The molecule has 0 aliphatic heterocycles. The average Bonchev–Trinajstić information content (AvgIpc) is 2.82. The van der Waals surface area contributed by atoms with Crippen LogP contribution in [0.15, 0.2) is 40.8 Å². The van der Waals surface area contributed by atoms with Gasteiger partial charge in [0.1, 0.15) is 11.5 Å². The number of hydrogen-bond acceptors (Lipinski definition) is 4. The zero-order valence-electron chi connectivity index (χ0n) is 11.0. The summed E-state index contributed by atoms with van der Waals surface area (Å²) in [5.74, 6) is -0.286. The lowest BCUT2D eigenvalue weighted by Gasteiger charge is -2.02. The summed E-state index contributed by atoms with van der Waals surface area (Å²) in [7, 11) is 0. The molecule has 2 aromatic rings. The highest BCUT2D eigenvalue weighted by Gasteiger charge is 2.14. The molecule has 0 atom stereocenters. The minimum Gasteiger partial charge on any atom is -0.462 e. The summed E-state index contributed by atoms with van der Waals surface area (Å²) in [6, 6.07) is 6.59. The molecule has 108 valence electrons. The SMILES string of the molecule is Cc1ccc(C=CC(=O)Nc2ccc([N+](=O)[O-])c(F)c2)o1. The van der Waals surface area contributed by atoms with Gasteiger partial charge in [-0.2, -0.15) is 4.39 Å². The van der Waals surface area contributed by atoms with Gasteiger partial charge in [-0.1, -0.05) is 0 Å². The third kappa shape index (κ3) is 3.75. The van der Waals surface area contributed by atoms with E-state index < -0.39 is 22.3 Å². The van der Waals surface area contributed by atoms with Crippen LogP contribution in [0.4, 0.5) is 15.8 Å². The first-order valence-electron chi connectivity index (χ1n) is 5.95. The number of benzene rings is 1. The van der Waals surface area contributed by atoms with E-state index in [9.17, 15) is 19.3 Å². The number of nitrogens with one attached hydrogen (secondary N) is 1. The molecule has 0 saturated heterocycles. The van der Waals surface area contributed by atoms with Gasteiger partial charge >= 0.3 is 5.69 Å². The number of nitrogens with zero attached hydrogens (tertiary/aromatic N) is 1. The van der Waals surface area contributed by atoms with E-state index in [0.29, 0.717) is 11.5 Å². The van der Waals surface area contributed by atoms with Crippen molar-refractivity contribution < 1.29 is 18.5 Å². The molecule has 1 heterocycles. The van der Waals surface area contributed by atoms with Gasteiger partial charge in [-0.25, -0.2) is 0 Å². The Kier molecular flexibility index (Phi) is 4.13. The fourth-order valence-corrected chi connectivity index (χ4v) is 1.62. The number of nitro benzene ring substituents is 1. The van der Waals surface area contributed by atoms with Crippen molar-refractivity contribution in [3.63, 3.8) is 0 Å². The highest BCUT2D eigenvalue weighted by Crippen LogP contribution is 2.20. The molecule has 0 saturated carbocycles. The molecule has 0 spiro atoms. The number of nitro groups is 1. The monoisotopic (exact) mass is 290 g/mol. The van der Waals surface area contributed by atoms with Crippen LogP contribution in [0.5, 0.6) is 0 Å². The highest BCUT2D eigenvalue weighted by molar-refractivity contribution is 6.01. The van der Waals surface area contributed by atoms with Gasteiger partial charge in [0, 0.05) is 23.9 Å². The van der Waals surface area contributed by atoms with Gasteiger partial charge in [-0.3, -0.25) is 14.9 Å². The van der Waals surface area contributed by atoms with Crippen molar-refractivity contribution in [2.75, 3.05) is 5.32 Å². The lowest BCUT2D eigenvalue weighted by atomic mass is 10.2. The number of hydrogen-bond donors (Lipinski definition) is 1. The molecular weight excluding hydrogens is 279 g/mol. The topological polar surface area (TPSA) is 85.4 Å². The third-order valence-electron chi connectivity index (χ3n) is 2.57. The quantitative estimate of drug-likeness (QED) is 0.532. The van der Waals surface area contributed by atoms with E-state index >= 15 is 0 Å². The number of rotatable bonds is 4. The summed E-state index contributed by atoms with van der Waals surface area (Å²) in [4.78, 5) is 21.3. The van der Waals surface area contributed by atoms with Crippen LogP contribution in [0.1, 0.15) is 11.5 Å². The van der Waals surface area contributed by atoms with Crippen LogP contribution >= 0.6 is 0 Å². The molecule has 0 fully saturated rings. The van der Waals surface area contributed by atoms with Gasteiger partial charge in [0.05, 0.1) is 4.92 Å². The van der Waals surface area contributed by atoms with Crippen molar-refractivity contribution in [1.82, 2.24) is 0 Å². The number of halogens is 1. The van der Waals surface area contributed by atoms with Crippen molar-refractivity contribution in [3.05, 3.63) is 63.9 Å². The van der Waals surface area contributed by atoms with Crippen molar-refractivity contribution in [2.45, 2.75) is 6.92 Å². The fraction of sp³-hybridized carbons (Fsp3) is 0.0714. The maximum atomic E-state index is 13.4. The first-order chi connectivity index (χ1) is 9.95. The van der Waals surface area contributed by atoms with E-state index in [0.717, 1.165) is 12.1 Å². The minimum absolute atomic E-state index is 0.128. The largest absolute Gasteiger partial charge is 0.462 e. The van der Waals surface area contributed by atoms with Crippen molar-refractivity contribution in [3.8, 4) is 0 Å². The normalized spacial score (nSPS) is 10.8. The number of carbonyl (C=O) groups is 1. The number of carbonyl (C=O) groups excluding carboxylic acids is 1. The lowest BCUT2D eigenvalue weighted by Crippen LogP contribution is -2.08. The van der Waals surface area contributed by atoms with E-state index in [1.807, 2.05) is 0 Å². The molecule has 0 unspecified atom stereocenters. The van der Waals surface area contributed by atoms with Crippen molar-refractivity contribution >= 4 is 23.4 Å². The van der Waals surface area contributed by atoms with E-state index in [1.165, 1.54) is 18.2 Å². The Morgan fingerprint density at radius 3 is 2.71 bits per heavy atom. The Bertz CT molecular complexity index is 722. The Hall–Kier alpha value is -2.96. The van der Waals surface area contributed by atoms with Crippen LogP contribution in [0.25, 0.3) is 6.08 Å². The molecule has 7 heteroatoms. The lowest BCUT2D eigenvalue weighted by molar-refractivity contribution is -0.387. The maximum Gasteiger partial charge on any atom is 0.304 e. The zero-order chi connectivity index (χ0) is 15.4. The van der Waals surface area contributed by atoms with E-state index in [1.54, 1.807) is 19.1 Å². The molecule has 0 aliphatic carbocycles. The summed E-state index contributed by atoms with van der Waals surface area (Å²) in [5.41, 5.74) is -0.516. The summed E-state index contributed by atoms with van der Waals surface area (Å²) in [6.45, 7) is 1.77. The minimum atomic E-state index is -1.01. The standard InChI is InChI=1S/C14H11FN2O4/c1-9-2-4-11(21-9)5-7-14(18)16-10-3-6-13(17(19)20)12(15)8-10/h2-8H,1H3,(H,16,18). The molecule has 1 amide bonds. The Balaban J connectivity index is 2.04. The average molecular weight is 290 g/mol. The molecule has 1 aromatic carbocycles. The van der Waals surface area contributed by atoms with Crippen LogP contribution in [0.2, 0.25) is 0 Å². The van der Waals surface area contributed by atoms with Crippen LogP contribution in [0.3, 0.4) is 0 Å². The molecule has 0 aliphatic rings. The van der Waals surface area contributed by atoms with Gasteiger partial charge in [0.25, 0.3) is 0 Å². The second-order valence-corrected chi connectivity index (χ2v) is 4.19. The van der Waals surface area contributed by atoms with E-state index in [-0.39, 0.29) is 5.69 Å². The number of furan rings is 1. The molecule has 0 bridgehead atoms. The smallest absolute Gasteiger partial charge is 0.304 e. The molecule has 1 aromatic heterocycles. The molecule has 21 heavy (non-hydrogen) atoms. The molecule has 1 N–H and O–H groups in total. The van der Waals surface area contributed by atoms with E-state index in [4.69, 9.17) is 4.42 Å². The highest BCUT2D eigenvalue weighted by atomic mass is 19.1. The number of anilines is 1. The first-order valence-corrected chi connectivity index (χ1v) is 5.95. The van der Waals surface area contributed by atoms with Crippen LogP contribution in [0, 0.1) is 22.9 Å². The zero-order valence-corrected chi connectivity index (χ0v) is 11.0. The van der Waals surface area contributed by atoms with Crippen LogP contribution in [-0.4, -0.2) is 10.8 Å². The second kappa shape index (κ2) is 6.00. The Morgan fingerprint density at radius 2 is 2.14 bits per heavy atom. The van der Waals surface area contributed by atoms with Gasteiger partial charge < -0.3 is 9.73 Å². The molecular formula is C14H11FN2O4. The number of amides is 1. The van der Waals surface area contributed by atoms with Gasteiger partial charge in [0.2, 0.25) is 11.7 Å². The Labute approximate surface area is 119 Å². The van der Waals surface area contributed by atoms with Crippen LogP contribution in [-0.2, 0) is 4.79 Å². The summed E-state index contributed by atoms with van der Waals surface area (Å²) in [6.07, 6.45) is 2.68. The Morgan fingerprint density at radius 1 is 1.38 bits per heavy atom. The maximum absolute atomic E-state index is 13.4. The van der Waals surface area contributed by atoms with Crippen LogP contribution < -0.4 is 5.32 Å². The predicted molar refractivity (Wildman–Crippen MR) is 74.2 cm³/mol. The number of aryl methyl sites for hydroxylation is 1. The second-order valence-electron chi connectivity index (χ2n) is 4.19. The molecule has 0 radical (unpaired) electrons. The van der Waals surface area contributed by atoms with Gasteiger partial charge in [-0.15, -0.1) is 0 Å². The summed E-state index contributed by atoms with van der Waals surface area (Å²) < 4.78 is 18.6. The van der Waals surface area contributed by atoms with Gasteiger partial charge in [-0.05, 0) is 31.2 Å². The van der Waals surface area contributed by atoms with Gasteiger partial charge in [0.15, 0.2) is 0 Å². The molecule has 2 rings (SSSR count). The van der Waals surface area contributed by atoms with Crippen molar-refractivity contribution in [2.24, 2.45) is 0 Å². The predicted octanol–water partition coefficient (Wildman–Crippen LogP) is 3.29. The third-order valence-corrected chi connectivity index (χ3v) is 2.57. The summed E-state index contributed by atoms with van der Waals surface area (Å²) in [5, 5.41) is 12.9. The van der Waals surface area contributed by atoms with E-state index in [2.05, 4.69) is 5.32 Å². The summed E-state index contributed by atoms with van der Waals surface area (Å²) >= 11 is 0. The first kappa shape index (κ1) is 14.4. The fourth-order valence-electron chi connectivity index (χ4n) is 1.62. The van der Waals surface area contributed by atoms with Crippen molar-refractivity contribution in [1.29, 1.82) is 0 Å². The molecule has 6 nitrogen and oxygen atoms in total.